The van der Waals surface area contributed by atoms with Gasteiger partial charge in [0.2, 0.25) is 5.43 Å². The smallest absolute Gasteiger partial charge is 0.341 e. The third-order valence-corrected chi connectivity index (χ3v) is 6.25. The minimum Gasteiger partial charge on any atom is -0.477 e. The molecular weight excluding hydrogens is 382 g/mol. The number of nitrogen functional groups attached to an aromatic ring is 1. The number of halogens is 2. The van der Waals surface area contributed by atoms with E-state index in [-0.39, 0.29) is 29.1 Å². The number of fused-ring (bicyclic) bond motifs is 1. The Balaban J connectivity index is 2.00. The number of pyridine rings is 1. The summed E-state index contributed by atoms with van der Waals surface area (Å²) in [5, 5.41) is 8.95. The van der Waals surface area contributed by atoms with Crippen molar-refractivity contribution in [1.82, 2.24) is 4.57 Å². The van der Waals surface area contributed by atoms with Gasteiger partial charge in [0.05, 0.1) is 16.6 Å². The summed E-state index contributed by atoms with van der Waals surface area (Å²) in [6.45, 7) is 3.26. The van der Waals surface area contributed by atoms with Gasteiger partial charge < -0.3 is 26.0 Å². The Morgan fingerprint density at radius 2 is 1.90 bits per heavy atom. The summed E-state index contributed by atoms with van der Waals surface area (Å²) in [7, 11) is 0. The predicted octanol–water partition coefficient (Wildman–Crippen LogP) is 2.32. The highest BCUT2D eigenvalue weighted by Gasteiger charge is 2.37. The van der Waals surface area contributed by atoms with Crippen LogP contribution >= 0.6 is 0 Å². The van der Waals surface area contributed by atoms with Crippen molar-refractivity contribution in [3.63, 3.8) is 0 Å². The van der Waals surface area contributed by atoms with Crippen LogP contribution in [0.2, 0.25) is 0 Å². The molecule has 9 heteroatoms. The molecule has 2 aliphatic rings. The van der Waals surface area contributed by atoms with Crippen molar-refractivity contribution in [2.24, 2.45) is 17.6 Å². The number of aromatic nitrogens is 1. The van der Waals surface area contributed by atoms with Gasteiger partial charge in [-0.15, -0.1) is 0 Å². The van der Waals surface area contributed by atoms with Gasteiger partial charge in [-0.2, -0.15) is 0 Å². The van der Waals surface area contributed by atoms with Crippen molar-refractivity contribution >= 4 is 28.2 Å². The summed E-state index contributed by atoms with van der Waals surface area (Å²) < 4.78 is 32.4. The number of carboxylic acids is 1. The van der Waals surface area contributed by atoms with Crippen LogP contribution in [0.25, 0.3) is 10.9 Å². The van der Waals surface area contributed by atoms with Gasteiger partial charge in [-0.05, 0) is 31.2 Å². The molecule has 4 rings (SSSR count). The van der Waals surface area contributed by atoms with Crippen molar-refractivity contribution in [2.75, 3.05) is 30.3 Å². The molecule has 1 saturated heterocycles. The van der Waals surface area contributed by atoms with Crippen molar-refractivity contribution in [2.45, 2.75) is 32.2 Å². The van der Waals surface area contributed by atoms with Crippen molar-refractivity contribution in [3.8, 4) is 0 Å². The van der Waals surface area contributed by atoms with E-state index in [0.717, 1.165) is 25.5 Å². The fraction of sp³-hybridized carbons (Fsp3) is 0.500. The third kappa shape index (κ3) is 2.95. The third-order valence-electron chi connectivity index (χ3n) is 6.25. The molecule has 2 heterocycles. The van der Waals surface area contributed by atoms with Gasteiger partial charge in [-0.25, -0.2) is 13.6 Å². The van der Waals surface area contributed by atoms with Gasteiger partial charge in [-0.1, -0.05) is 13.3 Å². The average molecular weight is 406 g/mol. The molecule has 2 aromatic rings. The highest BCUT2D eigenvalue weighted by Crippen LogP contribution is 2.43. The SMILES string of the molecule is CCC1CN(c2c(F)c(N)c3c(=O)c(C(=O)O)cn(C4CC4)c3c2F)CC1CN. The zero-order valence-corrected chi connectivity index (χ0v) is 16.1. The minimum atomic E-state index is -1.45. The molecular formula is C20H24F2N4O3. The number of hydrogen-bond donors (Lipinski definition) is 3. The summed E-state index contributed by atoms with van der Waals surface area (Å²) in [6, 6.07) is -0.137. The first kappa shape index (κ1) is 19.6. The molecule has 2 fully saturated rings. The number of anilines is 2. The van der Waals surface area contributed by atoms with E-state index in [2.05, 4.69) is 0 Å². The van der Waals surface area contributed by atoms with E-state index in [1.165, 1.54) is 4.57 Å². The largest absolute Gasteiger partial charge is 0.477 e. The van der Waals surface area contributed by atoms with E-state index in [1.807, 2.05) is 6.92 Å². The predicted molar refractivity (Wildman–Crippen MR) is 106 cm³/mol. The first-order valence-corrected chi connectivity index (χ1v) is 9.83. The summed E-state index contributed by atoms with van der Waals surface area (Å²) in [5.74, 6) is -3.04. The monoisotopic (exact) mass is 406 g/mol. The first-order chi connectivity index (χ1) is 13.8. The molecule has 0 bridgehead atoms. The quantitative estimate of drug-likeness (QED) is 0.657. The molecule has 1 aliphatic carbocycles. The lowest BCUT2D eigenvalue weighted by Gasteiger charge is -2.24. The lowest BCUT2D eigenvalue weighted by atomic mass is 9.94. The van der Waals surface area contributed by atoms with E-state index >= 15 is 8.78 Å². The highest BCUT2D eigenvalue weighted by atomic mass is 19.1. The molecule has 29 heavy (non-hydrogen) atoms. The van der Waals surface area contributed by atoms with Crippen LogP contribution in [-0.4, -0.2) is 35.3 Å². The number of nitrogens with two attached hydrogens (primary N) is 2. The number of benzene rings is 1. The number of aromatic carboxylic acids is 1. The molecule has 2 unspecified atom stereocenters. The molecule has 2 atom stereocenters. The Morgan fingerprint density at radius 1 is 1.24 bits per heavy atom. The number of nitrogens with zero attached hydrogens (tertiary/aromatic N) is 2. The van der Waals surface area contributed by atoms with E-state index in [4.69, 9.17) is 11.5 Å². The van der Waals surface area contributed by atoms with E-state index in [9.17, 15) is 14.7 Å². The fourth-order valence-electron chi connectivity index (χ4n) is 4.47. The van der Waals surface area contributed by atoms with Gasteiger partial charge in [0.1, 0.15) is 11.3 Å². The Kier molecular flexibility index (Phi) is 4.72. The first-order valence-electron chi connectivity index (χ1n) is 9.83. The molecule has 0 spiro atoms. The van der Waals surface area contributed by atoms with Crippen LogP contribution in [0.5, 0.6) is 0 Å². The Hall–Kier alpha value is -2.68. The Morgan fingerprint density at radius 3 is 2.41 bits per heavy atom. The van der Waals surface area contributed by atoms with Crippen molar-refractivity contribution in [3.05, 3.63) is 33.6 Å². The Labute approximate surface area is 165 Å². The topological polar surface area (TPSA) is 115 Å². The van der Waals surface area contributed by atoms with Gasteiger partial charge in [0.15, 0.2) is 11.6 Å². The van der Waals surface area contributed by atoms with Crippen LogP contribution in [-0.2, 0) is 0 Å². The van der Waals surface area contributed by atoms with Crippen LogP contribution < -0.4 is 21.8 Å². The van der Waals surface area contributed by atoms with Crippen LogP contribution in [0.3, 0.4) is 0 Å². The van der Waals surface area contributed by atoms with E-state index in [1.54, 1.807) is 4.90 Å². The fourth-order valence-corrected chi connectivity index (χ4v) is 4.47. The average Bonchev–Trinajstić information content (AvgIpc) is 3.45. The molecule has 1 saturated carbocycles. The molecule has 1 aliphatic heterocycles. The maximum Gasteiger partial charge on any atom is 0.341 e. The van der Waals surface area contributed by atoms with Crippen molar-refractivity contribution < 1.29 is 18.7 Å². The lowest BCUT2D eigenvalue weighted by Crippen LogP contribution is -2.27. The molecule has 7 nitrogen and oxygen atoms in total. The van der Waals surface area contributed by atoms with Crippen LogP contribution in [0, 0.1) is 23.5 Å². The highest BCUT2D eigenvalue weighted by molar-refractivity contribution is 5.99. The van der Waals surface area contributed by atoms with E-state index < -0.39 is 39.7 Å². The molecule has 1 aromatic heterocycles. The summed E-state index contributed by atoms with van der Waals surface area (Å²) in [6.07, 6.45) is 3.43. The summed E-state index contributed by atoms with van der Waals surface area (Å²) >= 11 is 0. The Bertz CT molecular complexity index is 1050. The van der Waals surface area contributed by atoms with Gasteiger partial charge in [0, 0.05) is 25.3 Å². The minimum absolute atomic E-state index is 0.107. The van der Waals surface area contributed by atoms with Crippen LogP contribution in [0.4, 0.5) is 20.2 Å². The standard InChI is InChI=1S/C20H24F2N4O3/c1-2-9-6-25(7-10(9)5-23)18-14(21)16(24)13-17(15(18)22)26(11-3-4-11)8-12(19(13)27)20(28)29/h8-11H,2-7,23-24H2,1H3,(H,28,29). The maximum absolute atomic E-state index is 15.7. The van der Waals surface area contributed by atoms with Crippen molar-refractivity contribution in [1.29, 1.82) is 0 Å². The second-order valence-electron chi connectivity index (χ2n) is 8.00. The molecule has 5 N–H and O–H groups in total. The second kappa shape index (κ2) is 6.98. The summed E-state index contributed by atoms with van der Waals surface area (Å²) in [4.78, 5) is 25.8. The number of carbonyl (C=O) groups is 1. The zero-order valence-electron chi connectivity index (χ0n) is 16.1. The van der Waals surface area contributed by atoms with Gasteiger partial charge in [0.25, 0.3) is 0 Å². The maximum atomic E-state index is 15.7. The van der Waals surface area contributed by atoms with Crippen LogP contribution in [0.1, 0.15) is 42.6 Å². The lowest BCUT2D eigenvalue weighted by molar-refractivity contribution is 0.0695. The molecule has 1 aromatic carbocycles. The molecule has 0 amide bonds. The zero-order chi connectivity index (χ0) is 21.0. The molecule has 0 radical (unpaired) electrons. The van der Waals surface area contributed by atoms with Gasteiger partial charge in [-0.3, -0.25) is 4.79 Å². The number of rotatable bonds is 5. The van der Waals surface area contributed by atoms with E-state index in [0.29, 0.717) is 19.6 Å². The summed E-state index contributed by atoms with van der Waals surface area (Å²) in [5.41, 5.74) is 9.37. The number of carboxylic acid groups (broad SMARTS) is 1. The van der Waals surface area contributed by atoms with Gasteiger partial charge >= 0.3 is 5.97 Å². The normalized spacial score (nSPS) is 21.9. The van der Waals surface area contributed by atoms with Crippen LogP contribution in [0.15, 0.2) is 11.0 Å². The number of hydrogen-bond acceptors (Lipinski definition) is 5. The second-order valence-corrected chi connectivity index (χ2v) is 8.00. The molecule has 156 valence electrons.